The van der Waals surface area contributed by atoms with E-state index < -0.39 is 5.41 Å². The van der Waals surface area contributed by atoms with Gasteiger partial charge in [0.15, 0.2) is 0 Å². The van der Waals surface area contributed by atoms with Crippen molar-refractivity contribution < 1.29 is 13.6 Å². The Morgan fingerprint density at radius 1 is 0.964 bits per heavy atom. The number of carbonyl (C=O) groups is 1. The Morgan fingerprint density at radius 3 is 2.29 bits per heavy atom. The molecule has 1 aliphatic heterocycles. The SMILES string of the molecule is O=C(NCCN1CCN(c2ccccc2F)CC1)C1(c2ccc(F)cc2)CC1. The minimum atomic E-state index is -0.475. The average molecular weight is 385 g/mol. The first-order chi connectivity index (χ1) is 13.6. The predicted octanol–water partition coefficient (Wildman–Crippen LogP) is 2.93. The van der Waals surface area contributed by atoms with Gasteiger partial charge in [-0.05, 0) is 42.7 Å². The molecule has 1 N–H and O–H groups in total. The lowest BCUT2D eigenvalue weighted by Gasteiger charge is -2.36. The van der Waals surface area contributed by atoms with Gasteiger partial charge in [-0.25, -0.2) is 8.78 Å². The molecule has 1 saturated carbocycles. The molecule has 4 rings (SSSR count). The van der Waals surface area contributed by atoms with E-state index in [4.69, 9.17) is 0 Å². The zero-order valence-electron chi connectivity index (χ0n) is 15.8. The van der Waals surface area contributed by atoms with Crippen LogP contribution in [0.2, 0.25) is 0 Å². The summed E-state index contributed by atoms with van der Waals surface area (Å²) in [6.45, 7) is 4.58. The van der Waals surface area contributed by atoms with Crippen LogP contribution in [0.15, 0.2) is 48.5 Å². The van der Waals surface area contributed by atoms with Crippen LogP contribution in [0.25, 0.3) is 0 Å². The number of halogens is 2. The normalized spacial score (nSPS) is 18.7. The number of hydrogen-bond donors (Lipinski definition) is 1. The molecule has 4 nitrogen and oxygen atoms in total. The topological polar surface area (TPSA) is 35.6 Å². The highest BCUT2D eigenvalue weighted by molar-refractivity contribution is 5.91. The number of rotatable bonds is 6. The molecule has 0 aromatic heterocycles. The Balaban J connectivity index is 1.24. The largest absolute Gasteiger partial charge is 0.367 e. The van der Waals surface area contributed by atoms with Gasteiger partial charge in [-0.15, -0.1) is 0 Å². The second-order valence-electron chi connectivity index (χ2n) is 7.63. The number of piperazine rings is 1. The quantitative estimate of drug-likeness (QED) is 0.831. The number of carbonyl (C=O) groups excluding carboxylic acids is 1. The highest BCUT2D eigenvalue weighted by Gasteiger charge is 2.51. The van der Waals surface area contributed by atoms with Crippen LogP contribution in [0.1, 0.15) is 18.4 Å². The first kappa shape index (κ1) is 18.9. The van der Waals surface area contributed by atoms with Gasteiger partial charge in [-0.3, -0.25) is 9.69 Å². The number of amides is 1. The van der Waals surface area contributed by atoms with Gasteiger partial charge in [0.05, 0.1) is 11.1 Å². The number of nitrogens with one attached hydrogen (secondary N) is 1. The first-order valence-electron chi connectivity index (χ1n) is 9.85. The van der Waals surface area contributed by atoms with Gasteiger partial charge in [0, 0.05) is 39.3 Å². The molecule has 2 aliphatic rings. The summed E-state index contributed by atoms with van der Waals surface area (Å²) in [5, 5.41) is 3.05. The lowest BCUT2D eigenvalue weighted by atomic mass is 9.95. The van der Waals surface area contributed by atoms with E-state index in [1.54, 1.807) is 18.2 Å². The number of hydrogen-bond acceptors (Lipinski definition) is 3. The minimum Gasteiger partial charge on any atom is -0.367 e. The maximum atomic E-state index is 13.9. The van der Waals surface area contributed by atoms with Crippen LogP contribution in [0.4, 0.5) is 14.5 Å². The molecular weight excluding hydrogens is 360 g/mol. The summed E-state index contributed by atoms with van der Waals surface area (Å²) in [5.74, 6) is -0.433. The van der Waals surface area contributed by atoms with Crippen LogP contribution in [0, 0.1) is 11.6 Å². The third kappa shape index (κ3) is 3.87. The molecule has 1 saturated heterocycles. The molecule has 0 radical (unpaired) electrons. The van der Waals surface area contributed by atoms with E-state index in [-0.39, 0.29) is 17.5 Å². The first-order valence-corrected chi connectivity index (χ1v) is 9.85. The molecule has 28 heavy (non-hydrogen) atoms. The second-order valence-corrected chi connectivity index (χ2v) is 7.63. The van der Waals surface area contributed by atoms with E-state index in [1.807, 2.05) is 12.1 Å². The lowest BCUT2D eigenvalue weighted by molar-refractivity contribution is -0.123. The van der Waals surface area contributed by atoms with Crippen molar-refractivity contribution in [1.82, 2.24) is 10.2 Å². The van der Waals surface area contributed by atoms with Crippen molar-refractivity contribution in [3.05, 3.63) is 65.7 Å². The Morgan fingerprint density at radius 2 is 1.64 bits per heavy atom. The summed E-state index contributed by atoms with van der Waals surface area (Å²) in [5.41, 5.74) is 1.08. The maximum Gasteiger partial charge on any atom is 0.230 e. The smallest absolute Gasteiger partial charge is 0.230 e. The summed E-state index contributed by atoms with van der Waals surface area (Å²) in [6, 6.07) is 13.1. The van der Waals surface area contributed by atoms with Crippen LogP contribution in [0.3, 0.4) is 0 Å². The van der Waals surface area contributed by atoms with Crippen molar-refractivity contribution in [1.29, 1.82) is 0 Å². The monoisotopic (exact) mass is 385 g/mol. The van der Waals surface area contributed by atoms with E-state index in [0.717, 1.165) is 51.1 Å². The van der Waals surface area contributed by atoms with Crippen LogP contribution in [-0.4, -0.2) is 50.1 Å². The van der Waals surface area contributed by atoms with Gasteiger partial charge in [-0.1, -0.05) is 24.3 Å². The number of benzene rings is 2. The van der Waals surface area contributed by atoms with Gasteiger partial charge in [0.1, 0.15) is 11.6 Å². The van der Waals surface area contributed by atoms with E-state index >= 15 is 0 Å². The van der Waals surface area contributed by atoms with Crippen molar-refractivity contribution in [2.24, 2.45) is 0 Å². The molecule has 1 aliphatic carbocycles. The highest BCUT2D eigenvalue weighted by Crippen LogP contribution is 2.48. The van der Waals surface area contributed by atoms with Crippen molar-refractivity contribution in [2.45, 2.75) is 18.3 Å². The lowest BCUT2D eigenvalue weighted by Crippen LogP contribution is -2.49. The predicted molar refractivity (Wildman–Crippen MR) is 105 cm³/mol. The Labute approximate surface area is 164 Å². The second kappa shape index (κ2) is 7.87. The molecule has 2 aromatic rings. The van der Waals surface area contributed by atoms with Gasteiger partial charge >= 0.3 is 0 Å². The molecule has 1 heterocycles. The molecule has 2 fully saturated rings. The molecule has 148 valence electrons. The fourth-order valence-electron chi connectivity index (χ4n) is 3.96. The fraction of sp³-hybridized carbons (Fsp3) is 0.409. The Kier molecular flexibility index (Phi) is 5.31. The molecule has 0 bridgehead atoms. The standard InChI is InChI=1S/C22H25F2N3O/c23-18-7-5-17(6-8-18)22(9-10-22)21(28)25-11-12-26-13-15-27(16-14-26)20-4-2-1-3-19(20)24/h1-8H,9-16H2,(H,25,28). The molecule has 6 heteroatoms. The van der Waals surface area contributed by atoms with E-state index in [9.17, 15) is 13.6 Å². The summed E-state index contributed by atoms with van der Waals surface area (Å²) in [7, 11) is 0. The van der Waals surface area contributed by atoms with Gasteiger partial charge < -0.3 is 10.2 Å². The van der Waals surface area contributed by atoms with Crippen molar-refractivity contribution in [2.75, 3.05) is 44.2 Å². The average Bonchev–Trinajstić information content (AvgIpc) is 3.52. The molecule has 0 spiro atoms. The van der Waals surface area contributed by atoms with Gasteiger partial charge in [-0.2, -0.15) is 0 Å². The molecular formula is C22H25F2N3O. The summed E-state index contributed by atoms with van der Waals surface area (Å²) in [4.78, 5) is 17.0. The highest BCUT2D eigenvalue weighted by atomic mass is 19.1. The van der Waals surface area contributed by atoms with Crippen LogP contribution < -0.4 is 10.2 Å². The zero-order valence-corrected chi connectivity index (χ0v) is 15.8. The van der Waals surface area contributed by atoms with Crippen molar-refractivity contribution in [3.63, 3.8) is 0 Å². The third-order valence-corrected chi connectivity index (χ3v) is 5.86. The summed E-state index contributed by atoms with van der Waals surface area (Å²) in [6.07, 6.45) is 1.62. The molecule has 1 amide bonds. The van der Waals surface area contributed by atoms with E-state index in [0.29, 0.717) is 12.2 Å². The fourth-order valence-corrected chi connectivity index (χ4v) is 3.96. The Bertz CT molecular complexity index is 828. The van der Waals surface area contributed by atoms with Crippen molar-refractivity contribution in [3.8, 4) is 0 Å². The Hall–Kier alpha value is -2.47. The van der Waals surface area contributed by atoms with E-state index in [1.165, 1.54) is 18.2 Å². The molecule has 2 aromatic carbocycles. The van der Waals surface area contributed by atoms with Gasteiger partial charge in [0.2, 0.25) is 5.91 Å². The molecule has 0 atom stereocenters. The third-order valence-electron chi connectivity index (χ3n) is 5.86. The van der Waals surface area contributed by atoms with Crippen LogP contribution in [0.5, 0.6) is 0 Å². The van der Waals surface area contributed by atoms with E-state index in [2.05, 4.69) is 15.1 Å². The van der Waals surface area contributed by atoms with Crippen LogP contribution >= 0.6 is 0 Å². The molecule has 0 unspecified atom stereocenters. The minimum absolute atomic E-state index is 0.0316. The number of anilines is 1. The zero-order chi connectivity index (χ0) is 19.6. The van der Waals surface area contributed by atoms with Crippen LogP contribution in [-0.2, 0) is 10.2 Å². The summed E-state index contributed by atoms with van der Waals surface area (Å²) >= 11 is 0. The summed E-state index contributed by atoms with van der Waals surface area (Å²) < 4.78 is 27.1. The van der Waals surface area contributed by atoms with Gasteiger partial charge in [0.25, 0.3) is 0 Å². The number of para-hydroxylation sites is 1. The van der Waals surface area contributed by atoms with Crippen molar-refractivity contribution >= 4 is 11.6 Å². The maximum absolute atomic E-state index is 13.9. The number of nitrogens with zero attached hydrogens (tertiary/aromatic N) is 2.